The first-order valence-corrected chi connectivity index (χ1v) is 12.0. The van der Waals surface area contributed by atoms with Crippen molar-refractivity contribution in [1.82, 2.24) is 9.55 Å². The van der Waals surface area contributed by atoms with E-state index in [4.69, 9.17) is 14.5 Å². The average Bonchev–Trinajstić information content (AvgIpc) is 3.33. The number of thioether (sulfide) groups is 1. The summed E-state index contributed by atoms with van der Waals surface area (Å²) in [5.41, 5.74) is 3.28. The van der Waals surface area contributed by atoms with Gasteiger partial charge in [0.05, 0.1) is 23.2 Å². The molecule has 0 atom stereocenters. The number of hydrogen-bond donors (Lipinski definition) is 1. The van der Waals surface area contributed by atoms with Crippen molar-refractivity contribution in [2.24, 2.45) is 0 Å². The van der Waals surface area contributed by atoms with Crippen LogP contribution in [0.25, 0.3) is 10.9 Å². The number of fused-ring (bicyclic) bond motifs is 2. The van der Waals surface area contributed by atoms with E-state index in [1.54, 1.807) is 16.7 Å². The number of aryl methyl sites for hydroxylation is 1. The molecule has 0 radical (unpaired) electrons. The van der Waals surface area contributed by atoms with Gasteiger partial charge in [-0.25, -0.2) is 4.98 Å². The first-order chi connectivity index (χ1) is 16.6. The first-order valence-electron chi connectivity index (χ1n) is 11.0. The number of aromatic nitrogens is 2. The number of carbonyl (C=O) groups is 1. The summed E-state index contributed by atoms with van der Waals surface area (Å²) in [6.45, 7) is 2.58. The SMILES string of the molecule is CCc1ccc(NC(=O)CSc2nc3ccccc3c(=O)n2Cc2ccc3c(c2)OCO3)cc1. The van der Waals surface area contributed by atoms with Gasteiger partial charge in [0.2, 0.25) is 12.7 Å². The van der Waals surface area contributed by atoms with Gasteiger partial charge in [0.1, 0.15) is 0 Å². The molecular weight excluding hydrogens is 450 g/mol. The maximum absolute atomic E-state index is 13.3. The van der Waals surface area contributed by atoms with Crippen LogP contribution in [0.2, 0.25) is 0 Å². The second-order valence-electron chi connectivity index (χ2n) is 7.88. The quantitative estimate of drug-likeness (QED) is 0.315. The Balaban J connectivity index is 1.40. The van der Waals surface area contributed by atoms with Gasteiger partial charge in [0.25, 0.3) is 5.56 Å². The molecule has 7 nitrogen and oxygen atoms in total. The Bertz CT molecular complexity index is 1420. The third-order valence-corrected chi connectivity index (χ3v) is 6.56. The summed E-state index contributed by atoms with van der Waals surface area (Å²) in [4.78, 5) is 30.6. The molecule has 1 N–H and O–H groups in total. The van der Waals surface area contributed by atoms with Crippen LogP contribution in [0, 0.1) is 0 Å². The van der Waals surface area contributed by atoms with Gasteiger partial charge in [-0.05, 0) is 53.9 Å². The molecule has 5 rings (SSSR count). The third-order valence-electron chi connectivity index (χ3n) is 5.58. The zero-order chi connectivity index (χ0) is 23.5. The predicted molar refractivity (Wildman–Crippen MR) is 133 cm³/mol. The number of nitrogens with one attached hydrogen (secondary N) is 1. The molecule has 0 bridgehead atoms. The highest BCUT2D eigenvalue weighted by molar-refractivity contribution is 7.99. The number of para-hydroxylation sites is 1. The monoisotopic (exact) mass is 473 g/mol. The number of amides is 1. The van der Waals surface area contributed by atoms with Crippen molar-refractivity contribution in [3.8, 4) is 11.5 Å². The second-order valence-corrected chi connectivity index (χ2v) is 8.82. The standard InChI is InChI=1S/C26H23N3O4S/c1-2-17-7-10-19(11-8-17)27-24(30)15-34-26-28-21-6-4-3-5-20(21)25(31)29(26)14-18-9-12-22-23(13-18)33-16-32-22/h3-13H,2,14-16H2,1H3,(H,27,30). The van der Waals surface area contributed by atoms with Crippen molar-refractivity contribution >= 4 is 34.3 Å². The van der Waals surface area contributed by atoms with Crippen molar-refractivity contribution in [3.05, 3.63) is 88.2 Å². The summed E-state index contributed by atoms with van der Waals surface area (Å²) in [7, 11) is 0. The third kappa shape index (κ3) is 4.63. The number of nitrogens with zero attached hydrogens (tertiary/aromatic N) is 2. The van der Waals surface area contributed by atoms with Crippen LogP contribution in [0.15, 0.2) is 76.7 Å². The Kier molecular flexibility index (Phi) is 6.22. The fourth-order valence-electron chi connectivity index (χ4n) is 3.77. The normalized spacial score (nSPS) is 12.1. The lowest BCUT2D eigenvalue weighted by atomic mass is 10.1. The van der Waals surface area contributed by atoms with Gasteiger partial charge in [-0.15, -0.1) is 0 Å². The van der Waals surface area contributed by atoms with E-state index in [2.05, 4.69) is 12.2 Å². The summed E-state index contributed by atoms with van der Waals surface area (Å²) < 4.78 is 12.5. The summed E-state index contributed by atoms with van der Waals surface area (Å²) >= 11 is 1.24. The molecule has 0 saturated heterocycles. The van der Waals surface area contributed by atoms with Crippen molar-refractivity contribution in [1.29, 1.82) is 0 Å². The molecule has 0 fully saturated rings. The van der Waals surface area contributed by atoms with Crippen LogP contribution < -0.4 is 20.3 Å². The number of rotatable bonds is 7. The second kappa shape index (κ2) is 9.61. The minimum atomic E-state index is -0.161. The van der Waals surface area contributed by atoms with Gasteiger partial charge in [-0.1, -0.05) is 49.0 Å². The highest BCUT2D eigenvalue weighted by Crippen LogP contribution is 2.33. The van der Waals surface area contributed by atoms with Crippen LogP contribution in [-0.4, -0.2) is 28.0 Å². The van der Waals surface area contributed by atoms with E-state index < -0.39 is 0 Å². The molecule has 3 aromatic carbocycles. The van der Waals surface area contributed by atoms with E-state index in [9.17, 15) is 9.59 Å². The molecule has 4 aromatic rings. The molecule has 8 heteroatoms. The largest absolute Gasteiger partial charge is 0.454 e. The summed E-state index contributed by atoms with van der Waals surface area (Å²) in [6, 6.07) is 20.6. The fraction of sp³-hybridized carbons (Fsp3) is 0.192. The molecule has 2 heterocycles. The first kappa shape index (κ1) is 22.0. The number of carbonyl (C=O) groups excluding carboxylic acids is 1. The highest BCUT2D eigenvalue weighted by Gasteiger charge is 2.17. The van der Waals surface area contributed by atoms with Gasteiger partial charge < -0.3 is 14.8 Å². The van der Waals surface area contributed by atoms with Crippen molar-refractivity contribution in [2.75, 3.05) is 17.9 Å². The Hall–Kier alpha value is -3.78. The van der Waals surface area contributed by atoms with Gasteiger partial charge >= 0.3 is 0 Å². The molecule has 0 spiro atoms. The maximum Gasteiger partial charge on any atom is 0.262 e. The Labute approximate surface area is 200 Å². The number of hydrogen-bond acceptors (Lipinski definition) is 6. The van der Waals surface area contributed by atoms with Crippen LogP contribution in [-0.2, 0) is 17.8 Å². The molecule has 172 valence electrons. The number of benzene rings is 3. The lowest BCUT2D eigenvalue weighted by Crippen LogP contribution is -2.25. The van der Waals surface area contributed by atoms with Crippen LogP contribution in [0.3, 0.4) is 0 Å². The van der Waals surface area contributed by atoms with Crippen LogP contribution in [0.4, 0.5) is 5.69 Å². The molecule has 34 heavy (non-hydrogen) atoms. The molecular formula is C26H23N3O4S. The van der Waals surface area contributed by atoms with Crippen LogP contribution in [0.1, 0.15) is 18.1 Å². The summed E-state index contributed by atoms with van der Waals surface area (Å²) in [5.74, 6) is 1.31. The zero-order valence-electron chi connectivity index (χ0n) is 18.6. The molecule has 1 amide bonds. The summed E-state index contributed by atoms with van der Waals surface area (Å²) in [5, 5.41) is 3.93. The van der Waals surface area contributed by atoms with Gasteiger partial charge in [0.15, 0.2) is 16.7 Å². The van der Waals surface area contributed by atoms with E-state index in [1.807, 2.05) is 54.6 Å². The topological polar surface area (TPSA) is 82.5 Å². The summed E-state index contributed by atoms with van der Waals surface area (Å²) in [6.07, 6.45) is 0.943. The van der Waals surface area contributed by atoms with E-state index in [0.29, 0.717) is 34.1 Å². The minimum absolute atomic E-state index is 0.126. The highest BCUT2D eigenvalue weighted by atomic mass is 32.2. The minimum Gasteiger partial charge on any atom is -0.454 e. The molecule has 0 unspecified atom stereocenters. The average molecular weight is 474 g/mol. The molecule has 0 aliphatic carbocycles. The fourth-order valence-corrected chi connectivity index (χ4v) is 4.57. The smallest absolute Gasteiger partial charge is 0.262 e. The van der Waals surface area contributed by atoms with Crippen molar-refractivity contribution in [2.45, 2.75) is 25.0 Å². The lowest BCUT2D eigenvalue weighted by molar-refractivity contribution is -0.113. The predicted octanol–water partition coefficient (Wildman–Crippen LogP) is 4.47. The van der Waals surface area contributed by atoms with E-state index >= 15 is 0 Å². The van der Waals surface area contributed by atoms with Crippen molar-refractivity contribution in [3.63, 3.8) is 0 Å². The van der Waals surface area contributed by atoms with Gasteiger partial charge in [-0.2, -0.15) is 0 Å². The lowest BCUT2D eigenvalue weighted by Gasteiger charge is -2.14. The molecule has 1 aliphatic rings. The molecule has 1 aromatic heterocycles. The number of anilines is 1. The van der Waals surface area contributed by atoms with Crippen LogP contribution >= 0.6 is 11.8 Å². The van der Waals surface area contributed by atoms with E-state index in [-0.39, 0.29) is 24.0 Å². The van der Waals surface area contributed by atoms with Gasteiger partial charge in [-0.3, -0.25) is 14.2 Å². The van der Waals surface area contributed by atoms with Crippen molar-refractivity contribution < 1.29 is 14.3 Å². The Morgan fingerprint density at radius 1 is 1.03 bits per heavy atom. The van der Waals surface area contributed by atoms with E-state index in [1.165, 1.54) is 17.3 Å². The van der Waals surface area contributed by atoms with Gasteiger partial charge in [0, 0.05) is 5.69 Å². The number of ether oxygens (including phenoxy) is 2. The van der Waals surface area contributed by atoms with E-state index in [0.717, 1.165) is 17.7 Å². The zero-order valence-corrected chi connectivity index (χ0v) is 19.4. The maximum atomic E-state index is 13.3. The Morgan fingerprint density at radius 2 is 1.79 bits per heavy atom. The molecule has 0 saturated carbocycles. The van der Waals surface area contributed by atoms with Crippen LogP contribution in [0.5, 0.6) is 11.5 Å². The Morgan fingerprint density at radius 3 is 2.62 bits per heavy atom. The molecule has 1 aliphatic heterocycles.